The number of hydrogen-bond donors (Lipinski definition) is 1. The second kappa shape index (κ2) is 8.95. The molecule has 6 heteroatoms. The molecule has 1 aromatic carbocycles. The molecule has 1 saturated carbocycles. The van der Waals surface area contributed by atoms with E-state index in [2.05, 4.69) is 6.07 Å². The first-order valence-electron chi connectivity index (χ1n) is 10.5. The molecule has 3 aliphatic rings. The number of carbonyl (C=O) groups is 1. The topological polar surface area (TPSA) is 73.6 Å². The van der Waals surface area contributed by atoms with Crippen LogP contribution in [0.3, 0.4) is 0 Å². The number of aliphatic hydroxyl groups is 1. The molecule has 0 bridgehead atoms. The van der Waals surface area contributed by atoms with Gasteiger partial charge in [0, 0.05) is 37.4 Å². The molecule has 1 aliphatic heterocycles. The number of Topliss-reactive ketones (excluding diaryl/α,β-unsaturated/α-hetero) is 1. The van der Waals surface area contributed by atoms with Crippen LogP contribution in [0.25, 0.3) is 5.57 Å². The molecule has 0 saturated heterocycles. The number of carbonyl (C=O) groups excluding carboxylic acids is 1. The second-order valence-corrected chi connectivity index (χ2v) is 7.94. The molecule has 1 fully saturated rings. The Hall–Kier alpha value is -2.75. The minimum absolute atomic E-state index is 0.0121. The van der Waals surface area contributed by atoms with Crippen LogP contribution < -0.4 is 0 Å². The molecule has 1 atom stereocenters. The maximum Gasteiger partial charge on any atom is 0.169 e. The van der Waals surface area contributed by atoms with E-state index in [1.165, 1.54) is 12.1 Å². The van der Waals surface area contributed by atoms with Gasteiger partial charge in [-0.15, -0.1) is 0 Å². The first-order chi connectivity index (χ1) is 14.6. The van der Waals surface area contributed by atoms with Crippen LogP contribution in [0, 0.1) is 17.1 Å². The summed E-state index contributed by atoms with van der Waals surface area (Å²) < 4.78 is 19.8. The Bertz CT molecular complexity index is 969. The molecular formula is C24H25FN2O3. The van der Waals surface area contributed by atoms with Gasteiger partial charge < -0.3 is 14.7 Å². The third kappa shape index (κ3) is 4.23. The van der Waals surface area contributed by atoms with Crippen molar-refractivity contribution in [3.8, 4) is 6.07 Å². The molecule has 0 radical (unpaired) electrons. The predicted octanol–water partition coefficient (Wildman–Crippen LogP) is 3.87. The fraction of sp³-hybridized carbons (Fsp3) is 0.417. The van der Waals surface area contributed by atoms with Gasteiger partial charge >= 0.3 is 0 Å². The summed E-state index contributed by atoms with van der Waals surface area (Å²) in [5.41, 5.74) is 3.43. The second-order valence-electron chi connectivity index (χ2n) is 7.94. The zero-order chi connectivity index (χ0) is 21.1. The van der Waals surface area contributed by atoms with Crippen LogP contribution in [-0.4, -0.2) is 41.1 Å². The first kappa shape index (κ1) is 20.5. The standard InChI is InChI=1S/C24H25FN2O3/c25-18-6-4-5-16(11-18)24-20-13-23(30-10-3-1-2-9-28)22(29)12-17(20)15-27(19-7-8-19)21(24)14-26/h4-6,11,13,15,19,23,28H,1-3,7-10,12H2. The number of fused-ring (bicyclic) bond motifs is 1. The van der Waals surface area contributed by atoms with E-state index in [9.17, 15) is 14.4 Å². The van der Waals surface area contributed by atoms with Crippen LogP contribution in [0.2, 0.25) is 0 Å². The Morgan fingerprint density at radius 2 is 2.10 bits per heavy atom. The zero-order valence-electron chi connectivity index (χ0n) is 16.8. The molecule has 0 aromatic heterocycles. The smallest absolute Gasteiger partial charge is 0.169 e. The largest absolute Gasteiger partial charge is 0.396 e. The van der Waals surface area contributed by atoms with Crippen LogP contribution in [-0.2, 0) is 9.53 Å². The van der Waals surface area contributed by atoms with Crippen molar-refractivity contribution in [1.29, 1.82) is 5.26 Å². The minimum Gasteiger partial charge on any atom is -0.396 e. The average molecular weight is 408 g/mol. The molecule has 4 rings (SSSR count). The number of benzene rings is 1. The number of unbranched alkanes of at least 4 members (excludes halogenated alkanes) is 2. The summed E-state index contributed by atoms with van der Waals surface area (Å²) in [4.78, 5) is 14.7. The number of halogens is 1. The maximum absolute atomic E-state index is 14.0. The highest BCUT2D eigenvalue weighted by Gasteiger charge is 2.38. The molecule has 30 heavy (non-hydrogen) atoms. The minimum atomic E-state index is -0.678. The summed E-state index contributed by atoms with van der Waals surface area (Å²) >= 11 is 0. The number of nitriles is 1. The van der Waals surface area contributed by atoms with E-state index in [-0.39, 0.29) is 30.7 Å². The number of allylic oxidation sites excluding steroid dienone is 4. The number of aliphatic hydroxyl groups excluding tert-OH is 1. The number of rotatable bonds is 8. The van der Waals surface area contributed by atoms with Crippen LogP contribution in [0.1, 0.15) is 44.1 Å². The van der Waals surface area contributed by atoms with Gasteiger partial charge in [-0.05, 0) is 67.0 Å². The Labute approximate surface area is 175 Å². The first-order valence-corrected chi connectivity index (χ1v) is 10.5. The highest BCUT2D eigenvalue weighted by Crippen LogP contribution is 2.44. The SMILES string of the molecule is N#CC1=C(c2cccc(F)c2)C2=CC(OCCCCCO)C(=O)CC2=CN1C1CC1. The van der Waals surface area contributed by atoms with Crippen molar-refractivity contribution in [2.75, 3.05) is 13.2 Å². The monoisotopic (exact) mass is 408 g/mol. The molecular weight excluding hydrogens is 383 g/mol. The highest BCUT2D eigenvalue weighted by molar-refractivity contribution is 5.98. The van der Waals surface area contributed by atoms with Crippen LogP contribution in [0.4, 0.5) is 4.39 Å². The van der Waals surface area contributed by atoms with Gasteiger partial charge in [-0.2, -0.15) is 5.26 Å². The Kier molecular flexibility index (Phi) is 6.12. The van der Waals surface area contributed by atoms with Crippen molar-refractivity contribution >= 4 is 11.4 Å². The molecule has 1 heterocycles. The van der Waals surface area contributed by atoms with E-state index in [0.717, 1.165) is 36.8 Å². The van der Waals surface area contributed by atoms with Crippen LogP contribution in [0.5, 0.6) is 0 Å². The fourth-order valence-electron chi connectivity index (χ4n) is 4.02. The summed E-state index contributed by atoms with van der Waals surface area (Å²) in [6.07, 6.45) is 7.56. The van der Waals surface area contributed by atoms with Gasteiger partial charge in [0.1, 0.15) is 23.7 Å². The zero-order valence-corrected chi connectivity index (χ0v) is 16.8. The Morgan fingerprint density at radius 1 is 1.27 bits per heavy atom. The van der Waals surface area contributed by atoms with E-state index < -0.39 is 6.10 Å². The number of nitrogens with zero attached hydrogens (tertiary/aromatic N) is 2. The lowest BCUT2D eigenvalue weighted by molar-refractivity contribution is -0.127. The molecule has 1 unspecified atom stereocenters. The molecule has 156 valence electrons. The normalized spacial score (nSPS) is 21.2. The summed E-state index contributed by atoms with van der Waals surface area (Å²) in [5.74, 6) is -0.377. The fourth-order valence-corrected chi connectivity index (χ4v) is 4.02. The number of ketones is 1. The van der Waals surface area contributed by atoms with Gasteiger partial charge in [-0.3, -0.25) is 4.79 Å². The van der Waals surface area contributed by atoms with Crippen LogP contribution >= 0.6 is 0 Å². The molecule has 2 aliphatic carbocycles. The Morgan fingerprint density at radius 3 is 2.80 bits per heavy atom. The van der Waals surface area contributed by atoms with Crippen molar-refractivity contribution < 1.29 is 19.0 Å². The summed E-state index contributed by atoms with van der Waals surface area (Å²) in [7, 11) is 0. The summed E-state index contributed by atoms with van der Waals surface area (Å²) in [6.45, 7) is 0.578. The summed E-state index contributed by atoms with van der Waals surface area (Å²) in [5, 5.41) is 18.8. The lowest BCUT2D eigenvalue weighted by Crippen LogP contribution is -2.32. The highest BCUT2D eigenvalue weighted by atomic mass is 19.1. The lowest BCUT2D eigenvalue weighted by Gasteiger charge is -2.34. The van der Waals surface area contributed by atoms with Gasteiger partial charge in [0.25, 0.3) is 0 Å². The maximum atomic E-state index is 14.0. The molecule has 1 aromatic rings. The van der Waals surface area contributed by atoms with E-state index in [1.807, 2.05) is 11.1 Å². The van der Waals surface area contributed by atoms with Crippen molar-refractivity contribution in [1.82, 2.24) is 4.90 Å². The third-order valence-corrected chi connectivity index (χ3v) is 5.66. The number of hydrogen-bond acceptors (Lipinski definition) is 5. The van der Waals surface area contributed by atoms with Crippen molar-refractivity contribution in [3.05, 3.63) is 64.8 Å². The van der Waals surface area contributed by atoms with E-state index in [1.54, 1.807) is 18.2 Å². The lowest BCUT2D eigenvalue weighted by atomic mass is 9.81. The van der Waals surface area contributed by atoms with Crippen LogP contribution in [0.15, 0.2) is 53.4 Å². The molecule has 0 amide bonds. The van der Waals surface area contributed by atoms with Gasteiger partial charge in [0.05, 0.1) is 0 Å². The van der Waals surface area contributed by atoms with Gasteiger partial charge in [0.2, 0.25) is 0 Å². The quantitative estimate of drug-likeness (QED) is 0.661. The van der Waals surface area contributed by atoms with Crippen molar-refractivity contribution in [3.63, 3.8) is 0 Å². The van der Waals surface area contributed by atoms with E-state index >= 15 is 0 Å². The van der Waals surface area contributed by atoms with Crippen molar-refractivity contribution in [2.24, 2.45) is 0 Å². The molecule has 0 spiro atoms. The number of ether oxygens (including phenoxy) is 1. The molecule has 1 N–H and O–H groups in total. The van der Waals surface area contributed by atoms with Gasteiger partial charge in [-0.1, -0.05) is 12.1 Å². The van der Waals surface area contributed by atoms with Gasteiger partial charge in [-0.25, -0.2) is 4.39 Å². The Balaban J connectivity index is 1.70. The third-order valence-electron chi connectivity index (χ3n) is 5.66. The molecule has 5 nitrogen and oxygen atoms in total. The van der Waals surface area contributed by atoms with Crippen molar-refractivity contribution in [2.45, 2.75) is 50.7 Å². The van der Waals surface area contributed by atoms with E-state index in [0.29, 0.717) is 29.9 Å². The van der Waals surface area contributed by atoms with Gasteiger partial charge in [0.15, 0.2) is 5.78 Å². The predicted molar refractivity (Wildman–Crippen MR) is 110 cm³/mol. The summed E-state index contributed by atoms with van der Waals surface area (Å²) in [6, 6.07) is 8.82. The average Bonchev–Trinajstić information content (AvgIpc) is 3.58. The van der Waals surface area contributed by atoms with E-state index in [4.69, 9.17) is 9.84 Å².